The molecule has 0 spiro atoms. The van der Waals surface area contributed by atoms with Crippen LogP contribution in [0.3, 0.4) is 0 Å². The number of thiol groups is 1. The summed E-state index contributed by atoms with van der Waals surface area (Å²) in [5, 5.41) is 3.17. The third-order valence-electron chi connectivity index (χ3n) is 4.42. The molecule has 0 aromatic heterocycles. The Morgan fingerprint density at radius 3 is 2.41 bits per heavy atom. The maximum Gasteiger partial charge on any atom is 0.491 e. The zero-order valence-corrected chi connectivity index (χ0v) is 15.0. The van der Waals surface area contributed by atoms with Crippen LogP contribution in [0.4, 0.5) is 0 Å². The number of benzene rings is 1. The molecule has 0 unspecified atom stereocenters. The van der Waals surface area contributed by atoms with Crippen LogP contribution in [0.15, 0.2) is 29.7 Å². The molecule has 1 saturated heterocycles. The van der Waals surface area contributed by atoms with Crippen molar-refractivity contribution in [2.45, 2.75) is 45.4 Å². The molecule has 1 aromatic rings. The molecule has 0 amide bonds. The summed E-state index contributed by atoms with van der Waals surface area (Å²) < 4.78 is 12.2. The highest BCUT2D eigenvalue weighted by Crippen LogP contribution is 2.39. The molecule has 1 aliphatic heterocycles. The van der Waals surface area contributed by atoms with Crippen molar-refractivity contribution in [1.29, 1.82) is 0 Å². The molecule has 0 saturated carbocycles. The molecule has 1 aliphatic rings. The molecule has 1 fully saturated rings. The van der Waals surface area contributed by atoms with E-state index in [0.29, 0.717) is 5.75 Å². The van der Waals surface area contributed by atoms with Crippen molar-refractivity contribution in [2.75, 3.05) is 12.8 Å². The monoisotopic (exact) mass is 319 g/mol. The zero-order chi connectivity index (χ0) is 16.4. The second kappa shape index (κ2) is 6.79. The van der Waals surface area contributed by atoms with E-state index < -0.39 is 0 Å². The average molecular weight is 319 g/mol. The molecule has 0 bridgehead atoms. The van der Waals surface area contributed by atoms with Gasteiger partial charge < -0.3 is 14.6 Å². The maximum atomic E-state index is 6.12. The first-order valence-corrected chi connectivity index (χ1v) is 8.33. The Bertz CT molecular complexity index is 541. The smallest absolute Gasteiger partial charge is 0.400 e. The van der Waals surface area contributed by atoms with Crippen LogP contribution >= 0.6 is 12.6 Å². The molecule has 1 N–H and O–H groups in total. The number of nitrogens with one attached hydrogen (secondary N) is 1. The first kappa shape index (κ1) is 17.6. The van der Waals surface area contributed by atoms with Crippen LogP contribution in [0.2, 0.25) is 0 Å². The summed E-state index contributed by atoms with van der Waals surface area (Å²) in [6.07, 6.45) is 2.12. The zero-order valence-electron chi connectivity index (χ0n) is 14.1. The predicted molar refractivity (Wildman–Crippen MR) is 97.1 cm³/mol. The Morgan fingerprint density at radius 1 is 1.23 bits per heavy atom. The summed E-state index contributed by atoms with van der Waals surface area (Å²) in [4.78, 5) is 0. The topological polar surface area (TPSA) is 30.5 Å². The molecule has 1 heterocycles. The SMILES string of the molecule is CNCc1cccc(C=C(CS)B2OC(C)(C)C(C)(C)O2)c1. The molecule has 0 aliphatic carbocycles. The lowest BCUT2D eigenvalue weighted by molar-refractivity contribution is 0.00578. The molecular weight excluding hydrogens is 293 g/mol. The van der Waals surface area contributed by atoms with Gasteiger partial charge in [0.25, 0.3) is 0 Å². The van der Waals surface area contributed by atoms with Crippen LogP contribution < -0.4 is 5.32 Å². The Hall–Kier alpha value is -0.745. The van der Waals surface area contributed by atoms with Crippen LogP contribution in [0, 0.1) is 0 Å². The molecule has 0 atom stereocenters. The summed E-state index contributed by atoms with van der Waals surface area (Å²) in [5.74, 6) is 0.604. The van der Waals surface area contributed by atoms with Crippen molar-refractivity contribution in [2.24, 2.45) is 0 Å². The van der Waals surface area contributed by atoms with Gasteiger partial charge in [0.2, 0.25) is 0 Å². The van der Waals surface area contributed by atoms with Crippen molar-refractivity contribution in [3.05, 3.63) is 40.9 Å². The third kappa shape index (κ3) is 3.77. The van der Waals surface area contributed by atoms with Crippen LogP contribution in [0.5, 0.6) is 0 Å². The van der Waals surface area contributed by atoms with Gasteiger partial charge in [-0.1, -0.05) is 30.3 Å². The largest absolute Gasteiger partial charge is 0.491 e. The van der Waals surface area contributed by atoms with E-state index in [1.807, 2.05) is 7.05 Å². The third-order valence-corrected chi connectivity index (χ3v) is 4.79. The summed E-state index contributed by atoms with van der Waals surface area (Å²) in [6.45, 7) is 9.12. The molecule has 22 heavy (non-hydrogen) atoms. The predicted octanol–water partition coefficient (Wildman–Crippen LogP) is 3.35. The van der Waals surface area contributed by atoms with Gasteiger partial charge in [0.1, 0.15) is 0 Å². The first-order chi connectivity index (χ1) is 10.3. The minimum atomic E-state index is -0.338. The van der Waals surface area contributed by atoms with Gasteiger partial charge in [-0.25, -0.2) is 0 Å². The fraction of sp³-hybridized carbons (Fsp3) is 0.529. The highest BCUT2D eigenvalue weighted by molar-refractivity contribution is 7.80. The normalized spacial score (nSPS) is 20.5. The van der Waals surface area contributed by atoms with Crippen molar-refractivity contribution in [1.82, 2.24) is 5.32 Å². The van der Waals surface area contributed by atoms with E-state index in [0.717, 1.165) is 17.6 Å². The van der Waals surface area contributed by atoms with E-state index in [2.05, 4.69) is 76.0 Å². The lowest BCUT2D eigenvalue weighted by Gasteiger charge is -2.32. The second-order valence-corrected chi connectivity index (χ2v) is 7.06. The maximum absolute atomic E-state index is 6.12. The van der Waals surface area contributed by atoms with Crippen LogP contribution in [-0.4, -0.2) is 31.1 Å². The van der Waals surface area contributed by atoms with Gasteiger partial charge in [-0.2, -0.15) is 12.6 Å². The van der Waals surface area contributed by atoms with Crippen molar-refractivity contribution in [3.8, 4) is 0 Å². The van der Waals surface area contributed by atoms with E-state index in [-0.39, 0.29) is 18.3 Å². The Morgan fingerprint density at radius 2 is 1.86 bits per heavy atom. The van der Waals surface area contributed by atoms with E-state index >= 15 is 0 Å². The number of hydrogen-bond donors (Lipinski definition) is 2. The number of rotatable bonds is 5. The fourth-order valence-electron chi connectivity index (χ4n) is 2.39. The Kier molecular flexibility index (Phi) is 5.43. The summed E-state index contributed by atoms with van der Waals surface area (Å²) >= 11 is 4.46. The first-order valence-electron chi connectivity index (χ1n) is 7.69. The van der Waals surface area contributed by atoms with Crippen molar-refractivity contribution >= 4 is 25.8 Å². The van der Waals surface area contributed by atoms with Gasteiger partial charge in [-0.05, 0) is 51.3 Å². The summed E-state index contributed by atoms with van der Waals surface area (Å²) in [7, 11) is 1.61. The van der Waals surface area contributed by atoms with Gasteiger partial charge in [-0.15, -0.1) is 0 Å². The lowest BCUT2D eigenvalue weighted by atomic mass is 9.78. The highest BCUT2D eigenvalue weighted by Gasteiger charge is 2.52. The molecular formula is C17H26BNO2S. The van der Waals surface area contributed by atoms with E-state index in [1.54, 1.807) is 0 Å². The Balaban J connectivity index is 2.23. The molecule has 1 aromatic carbocycles. The van der Waals surface area contributed by atoms with Gasteiger partial charge in [0, 0.05) is 12.3 Å². The van der Waals surface area contributed by atoms with E-state index in [4.69, 9.17) is 9.31 Å². The van der Waals surface area contributed by atoms with Gasteiger partial charge in [0.15, 0.2) is 0 Å². The van der Waals surface area contributed by atoms with E-state index in [9.17, 15) is 0 Å². The van der Waals surface area contributed by atoms with Gasteiger partial charge in [0.05, 0.1) is 11.2 Å². The summed E-state index contributed by atoms with van der Waals surface area (Å²) in [5.41, 5.74) is 2.79. The average Bonchev–Trinajstić information content (AvgIpc) is 2.65. The van der Waals surface area contributed by atoms with Gasteiger partial charge in [-0.3, -0.25) is 0 Å². The fourth-order valence-corrected chi connectivity index (χ4v) is 2.63. The minimum Gasteiger partial charge on any atom is -0.400 e. The standard InChI is InChI=1S/C17H26BNO2S/c1-16(2)17(3,4)21-18(20-16)15(12-22)10-13-7-6-8-14(9-13)11-19-5/h6-10,19,22H,11-12H2,1-5H3. The molecule has 2 rings (SSSR count). The second-order valence-electron chi connectivity index (χ2n) is 6.74. The minimum absolute atomic E-state index is 0.326. The molecule has 5 heteroatoms. The molecule has 120 valence electrons. The molecule has 3 nitrogen and oxygen atoms in total. The lowest BCUT2D eigenvalue weighted by Crippen LogP contribution is -2.41. The van der Waals surface area contributed by atoms with Crippen LogP contribution in [-0.2, 0) is 15.9 Å². The van der Waals surface area contributed by atoms with Gasteiger partial charge >= 0.3 is 7.12 Å². The van der Waals surface area contributed by atoms with E-state index in [1.165, 1.54) is 5.56 Å². The number of hydrogen-bond acceptors (Lipinski definition) is 4. The Labute approximate surface area is 140 Å². The van der Waals surface area contributed by atoms with Crippen molar-refractivity contribution in [3.63, 3.8) is 0 Å². The van der Waals surface area contributed by atoms with Crippen molar-refractivity contribution < 1.29 is 9.31 Å². The summed E-state index contributed by atoms with van der Waals surface area (Å²) in [6, 6.07) is 8.45. The van der Waals surface area contributed by atoms with Crippen LogP contribution in [0.25, 0.3) is 6.08 Å². The quantitative estimate of drug-likeness (QED) is 0.644. The van der Waals surface area contributed by atoms with Crippen LogP contribution in [0.1, 0.15) is 38.8 Å². The highest BCUT2D eigenvalue weighted by atomic mass is 32.1. The molecule has 0 radical (unpaired) electrons.